The van der Waals surface area contributed by atoms with Crippen LogP contribution in [0.25, 0.3) is 0 Å². The maximum Gasteiger partial charge on any atom is 0.224 e. The molecule has 0 heterocycles. The van der Waals surface area contributed by atoms with E-state index in [0.29, 0.717) is 5.88 Å². The van der Waals surface area contributed by atoms with Crippen molar-refractivity contribution < 1.29 is 4.79 Å². The van der Waals surface area contributed by atoms with Crippen molar-refractivity contribution in [2.45, 2.75) is 45.1 Å². The van der Waals surface area contributed by atoms with E-state index in [2.05, 4.69) is 31.3 Å². The molecule has 2 nitrogen and oxygen atoms in total. The Bertz CT molecular complexity index is 421. The zero-order chi connectivity index (χ0) is 13.9. The second-order valence-corrected chi connectivity index (χ2v) is 5.75. The van der Waals surface area contributed by atoms with Crippen molar-refractivity contribution in [2.75, 3.05) is 5.88 Å². The number of benzene rings is 1. The number of hydrogen-bond donors (Lipinski definition) is 1. The molecule has 1 aliphatic rings. The number of nitrogens with one attached hydrogen (secondary N) is 1. The average molecular weight is 280 g/mol. The Labute approximate surface area is 120 Å². The van der Waals surface area contributed by atoms with Gasteiger partial charge in [0.2, 0.25) is 5.91 Å². The smallest absolute Gasteiger partial charge is 0.224 e. The van der Waals surface area contributed by atoms with Crippen LogP contribution in [-0.2, 0) is 17.6 Å². The van der Waals surface area contributed by atoms with E-state index in [9.17, 15) is 4.79 Å². The molecule has 2 rings (SSSR count). The van der Waals surface area contributed by atoms with E-state index < -0.39 is 0 Å². The van der Waals surface area contributed by atoms with Gasteiger partial charge in [0.15, 0.2) is 0 Å². The summed E-state index contributed by atoms with van der Waals surface area (Å²) in [5.74, 6) is 0.699. The highest BCUT2D eigenvalue weighted by atomic mass is 35.5. The fraction of sp³-hybridized carbons (Fsp3) is 0.562. The van der Waals surface area contributed by atoms with Crippen LogP contribution in [0.1, 0.15) is 37.8 Å². The maximum absolute atomic E-state index is 12.4. The van der Waals surface area contributed by atoms with Crippen LogP contribution in [0, 0.1) is 5.92 Å². The Morgan fingerprint density at radius 2 is 1.79 bits per heavy atom. The van der Waals surface area contributed by atoms with E-state index in [1.165, 1.54) is 11.1 Å². The summed E-state index contributed by atoms with van der Waals surface area (Å²) in [4.78, 5) is 12.4. The Hall–Kier alpha value is -1.02. The molecule has 0 spiro atoms. The number of rotatable bonds is 5. The number of fused-ring (bicyclic) bond motifs is 1. The molecular weight excluding hydrogens is 258 g/mol. The lowest BCUT2D eigenvalue weighted by Gasteiger charge is -2.31. The topological polar surface area (TPSA) is 29.1 Å². The van der Waals surface area contributed by atoms with Gasteiger partial charge in [-0.25, -0.2) is 0 Å². The molecule has 1 aromatic carbocycles. The van der Waals surface area contributed by atoms with Gasteiger partial charge in [-0.1, -0.05) is 38.1 Å². The summed E-state index contributed by atoms with van der Waals surface area (Å²) in [6.07, 6.45) is 3.46. The van der Waals surface area contributed by atoms with Crippen LogP contribution in [0.4, 0.5) is 0 Å². The van der Waals surface area contributed by atoms with Crippen LogP contribution in [-0.4, -0.2) is 17.3 Å². The van der Waals surface area contributed by atoms with Crippen molar-refractivity contribution in [3.63, 3.8) is 0 Å². The predicted molar refractivity (Wildman–Crippen MR) is 79.5 cm³/mol. The van der Waals surface area contributed by atoms with Crippen LogP contribution in [0.15, 0.2) is 24.3 Å². The van der Waals surface area contributed by atoms with Gasteiger partial charge in [0.1, 0.15) is 0 Å². The third kappa shape index (κ3) is 2.94. The van der Waals surface area contributed by atoms with Crippen molar-refractivity contribution in [3.05, 3.63) is 35.4 Å². The predicted octanol–water partition coefficient (Wildman–Crippen LogP) is 3.32. The first-order valence-electron chi connectivity index (χ1n) is 7.09. The Kier molecular flexibility index (Phi) is 4.51. The van der Waals surface area contributed by atoms with Crippen LogP contribution >= 0.6 is 11.6 Å². The Morgan fingerprint density at radius 3 is 2.21 bits per heavy atom. The lowest BCUT2D eigenvalue weighted by Crippen LogP contribution is -2.51. The summed E-state index contributed by atoms with van der Waals surface area (Å²) in [7, 11) is 0. The standard InChI is InChI=1S/C16H22ClNO/c1-3-16(4-2,11-17)18-15(19)14-9-12-7-5-6-8-13(12)10-14/h5-8,14H,3-4,9-11H2,1-2H3,(H,18,19). The Balaban J connectivity index is 2.03. The lowest BCUT2D eigenvalue weighted by atomic mass is 9.93. The van der Waals surface area contributed by atoms with Gasteiger partial charge in [-0.15, -0.1) is 11.6 Å². The molecule has 1 amide bonds. The van der Waals surface area contributed by atoms with Gasteiger partial charge in [0, 0.05) is 11.8 Å². The SMILES string of the molecule is CCC(CC)(CCl)NC(=O)C1Cc2ccccc2C1. The first-order chi connectivity index (χ1) is 9.14. The molecule has 1 aliphatic carbocycles. The number of halogens is 1. The average Bonchev–Trinajstić information content (AvgIpc) is 2.89. The molecule has 0 saturated carbocycles. The zero-order valence-corrected chi connectivity index (χ0v) is 12.5. The summed E-state index contributed by atoms with van der Waals surface area (Å²) in [6, 6.07) is 8.33. The maximum atomic E-state index is 12.4. The molecule has 0 saturated heterocycles. The van der Waals surface area contributed by atoms with Crippen molar-refractivity contribution in [1.82, 2.24) is 5.32 Å². The molecule has 1 N–H and O–H groups in total. The second kappa shape index (κ2) is 5.96. The summed E-state index contributed by atoms with van der Waals surface area (Å²) in [6.45, 7) is 4.16. The Morgan fingerprint density at radius 1 is 1.26 bits per heavy atom. The number of hydrogen-bond acceptors (Lipinski definition) is 1. The molecule has 0 atom stereocenters. The van der Waals surface area contributed by atoms with Crippen molar-refractivity contribution in [1.29, 1.82) is 0 Å². The fourth-order valence-corrected chi connectivity index (χ4v) is 3.20. The van der Waals surface area contributed by atoms with Gasteiger partial charge in [-0.2, -0.15) is 0 Å². The highest BCUT2D eigenvalue weighted by Crippen LogP contribution is 2.28. The molecule has 0 bridgehead atoms. The first kappa shape index (κ1) is 14.4. The summed E-state index contributed by atoms with van der Waals surface area (Å²) in [5.41, 5.74) is 2.38. The molecule has 0 unspecified atom stereocenters. The van der Waals surface area contributed by atoms with Crippen molar-refractivity contribution in [2.24, 2.45) is 5.92 Å². The van der Waals surface area contributed by atoms with Gasteiger partial charge in [-0.3, -0.25) is 4.79 Å². The molecule has 19 heavy (non-hydrogen) atoms. The molecule has 0 aliphatic heterocycles. The highest BCUT2D eigenvalue weighted by molar-refractivity contribution is 6.18. The number of carbonyl (C=O) groups is 1. The number of alkyl halides is 1. The minimum Gasteiger partial charge on any atom is -0.349 e. The third-order valence-corrected chi connectivity index (χ3v) is 4.93. The minimum atomic E-state index is -0.243. The summed E-state index contributed by atoms with van der Waals surface area (Å²) >= 11 is 6.05. The van der Waals surface area contributed by atoms with E-state index in [0.717, 1.165) is 25.7 Å². The van der Waals surface area contributed by atoms with Gasteiger partial charge in [0.05, 0.1) is 5.54 Å². The van der Waals surface area contributed by atoms with Crippen molar-refractivity contribution in [3.8, 4) is 0 Å². The fourth-order valence-electron chi connectivity index (χ4n) is 2.76. The monoisotopic (exact) mass is 279 g/mol. The van der Waals surface area contributed by atoms with Crippen LogP contribution in [0.3, 0.4) is 0 Å². The molecule has 0 fully saturated rings. The third-order valence-electron chi connectivity index (χ3n) is 4.42. The molecule has 104 valence electrons. The highest BCUT2D eigenvalue weighted by Gasteiger charge is 2.33. The van der Waals surface area contributed by atoms with Gasteiger partial charge >= 0.3 is 0 Å². The second-order valence-electron chi connectivity index (χ2n) is 5.48. The van der Waals surface area contributed by atoms with Crippen LogP contribution < -0.4 is 5.32 Å². The summed E-state index contributed by atoms with van der Waals surface area (Å²) in [5, 5.41) is 3.19. The van der Waals surface area contributed by atoms with Crippen LogP contribution in [0.5, 0.6) is 0 Å². The number of amides is 1. The van der Waals surface area contributed by atoms with E-state index in [4.69, 9.17) is 11.6 Å². The molecule has 0 radical (unpaired) electrons. The van der Waals surface area contributed by atoms with E-state index in [1.54, 1.807) is 0 Å². The van der Waals surface area contributed by atoms with Gasteiger partial charge in [-0.05, 0) is 36.8 Å². The lowest BCUT2D eigenvalue weighted by molar-refractivity contribution is -0.126. The van der Waals surface area contributed by atoms with Crippen LogP contribution in [0.2, 0.25) is 0 Å². The molecule has 0 aromatic heterocycles. The quantitative estimate of drug-likeness (QED) is 0.823. The summed E-state index contributed by atoms with van der Waals surface area (Å²) < 4.78 is 0. The molecular formula is C16H22ClNO. The van der Waals surface area contributed by atoms with E-state index in [-0.39, 0.29) is 17.4 Å². The van der Waals surface area contributed by atoms with E-state index >= 15 is 0 Å². The number of carbonyl (C=O) groups excluding carboxylic acids is 1. The largest absolute Gasteiger partial charge is 0.349 e. The molecule has 3 heteroatoms. The normalized spacial score (nSPS) is 15.3. The zero-order valence-electron chi connectivity index (χ0n) is 11.7. The first-order valence-corrected chi connectivity index (χ1v) is 7.62. The molecule has 1 aromatic rings. The van der Waals surface area contributed by atoms with Crippen molar-refractivity contribution >= 4 is 17.5 Å². The van der Waals surface area contributed by atoms with Gasteiger partial charge < -0.3 is 5.32 Å². The van der Waals surface area contributed by atoms with Gasteiger partial charge in [0.25, 0.3) is 0 Å². The van der Waals surface area contributed by atoms with E-state index in [1.807, 2.05) is 12.1 Å². The minimum absolute atomic E-state index is 0.0677.